The largest absolute Gasteiger partial charge is 0.497 e. The van der Waals surface area contributed by atoms with E-state index in [9.17, 15) is 4.79 Å². The van der Waals surface area contributed by atoms with Crippen molar-refractivity contribution in [2.75, 3.05) is 7.11 Å². The van der Waals surface area contributed by atoms with E-state index in [4.69, 9.17) is 4.74 Å². The summed E-state index contributed by atoms with van der Waals surface area (Å²) in [6.07, 6.45) is 2.10. The number of hydrogen-bond acceptors (Lipinski definition) is 2. The summed E-state index contributed by atoms with van der Waals surface area (Å²) < 4.78 is 5.13. The van der Waals surface area contributed by atoms with Gasteiger partial charge in [-0.3, -0.25) is 4.79 Å². The van der Waals surface area contributed by atoms with Crippen LogP contribution < -0.4 is 4.74 Å². The van der Waals surface area contributed by atoms with Crippen LogP contribution in [0.25, 0.3) is 0 Å². The van der Waals surface area contributed by atoms with Crippen molar-refractivity contribution in [2.45, 2.75) is 19.8 Å². The Hall–Kier alpha value is -1.31. The lowest BCUT2D eigenvalue weighted by Gasteiger charge is -2.05. The molecule has 0 amide bonds. The summed E-state index contributed by atoms with van der Waals surface area (Å²) in [6.45, 7) is 1.98. The second-order valence-electron chi connectivity index (χ2n) is 3.88. The number of aryl methyl sites for hydroxylation is 1. The molecule has 0 unspecified atom stereocenters. The monoisotopic (exact) mass is 190 g/mol. The lowest BCUT2D eigenvalue weighted by Crippen LogP contribution is -2.02. The van der Waals surface area contributed by atoms with Crippen LogP contribution in [-0.4, -0.2) is 12.9 Å². The standard InChI is InChI=1S/C12H14O2/c1-8-5-10(7-11(6-8)14-2)12(13)9-3-4-9/h5-7,9H,3-4H2,1-2H3. The van der Waals surface area contributed by atoms with Crippen molar-refractivity contribution >= 4 is 5.78 Å². The van der Waals surface area contributed by atoms with Gasteiger partial charge in [-0.15, -0.1) is 0 Å². The molecular weight excluding hydrogens is 176 g/mol. The van der Waals surface area contributed by atoms with Crippen LogP contribution >= 0.6 is 0 Å². The van der Waals surface area contributed by atoms with E-state index in [1.165, 1.54) is 0 Å². The molecule has 0 saturated heterocycles. The molecule has 14 heavy (non-hydrogen) atoms. The first-order valence-corrected chi connectivity index (χ1v) is 4.90. The molecule has 0 heterocycles. The lowest BCUT2D eigenvalue weighted by molar-refractivity contribution is 0.0967. The number of carbonyl (C=O) groups excluding carboxylic acids is 1. The van der Waals surface area contributed by atoms with Crippen LogP contribution in [0.1, 0.15) is 28.8 Å². The van der Waals surface area contributed by atoms with E-state index in [-0.39, 0.29) is 11.7 Å². The van der Waals surface area contributed by atoms with E-state index in [0.717, 1.165) is 29.7 Å². The molecule has 2 rings (SSSR count). The zero-order valence-corrected chi connectivity index (χ0v) is 8.54. The summed E-state index contributed by atoms with van der Waals surface area (Å²) in [7, 11) is 1.63. The predicted molar refractivity (Wildman–Crippen MR) is 54.8 cm³/mol. The summed E-state index contributed by atoms with van der Waals surface area (Å²) in [5.41, 5.74) is 1.87. The molecule has 0 spiro atoms. The van der Waals surface area contributed by atoms with Gasteiger partial charge in [-0.25, -0.2) is 0 Å². The Balaban J connectivity index is 2.31. The van der Waals surface area contributed by atoms with E-state index in [1.54, 1.807) is 7.11 Å². The molecule has 1 aromatic rings. The molecule has 2 heteroatoms. The Labute approximate surface area is 83.9 Å². The number of Topliss-reactive ketones (excluding diaryl/α,β-unsaturated/α-hetero) is 1. The summed E-state index contributed by atoms with van der Waals surface area (Å²) in [6, 6.07) is 5.69. The van der Waals surface area contributed by atoms with Crippen LogP contribution in [0, 0.1) is 12.8 Å². The molecule has 1 fully saturated rings. The van der Waals surface area contributed by atoms with Gasteiger partial charge in [0.2, 0.25) is 0 Å². The number of ether oxygens (including phenoxy) is 1. The maximum atomic E-state index is 11.8. The summed E-state index contributed by atoms with van der Waals surface area (Å²) >= 11 is 0. The van der Waals surface area contributed by atoms with E-state index in [2.05, 4.69) is 0 Å². The fourth-order valence-electron chi connectivity index (χ4n) is 1.59. The molecule has 2 nitrogen and oxygen atoms in total. The van der Waals surface area contributed by atoms with E-state index in [1.807, 2.05) is 25.1 Å². The average molecular weight is 190 g/mol. The van der Waals surface area contributed by atoms with Gasteiger partial charge >= 0.3 is 0 Å². The predicted octanol–water partition coefficient (Wildman–Crippen LogP) is 2.60. The molecule has 0 bridgehead atoms. The van der Waals surface area contributed by atoms with Gasteiger partial charge < -0.3 is 4.74 Å². The molecule has 0 radical (unpaired) electrons. The van der Waals surface area contributed by atoms with Gasteiger partial charge in [0.15, 0.2) is 5.78 Å². The first-order chi connectivity index (χ1) is 6.70. The number of methoxy groups -OCH3 is 1. The molecule has 1 aliphatic rings. The first kappa shape index (κ1) is 9.25. The Morgan fingerprint density at radius 1 is 1.36 bits per heavy atom. The zero-order valence-electron chi connectivity index (χ0n) is 8.54. The minimum absolute atomic E-state index is 0.270. The zero-order chi connectivity index (χ0) is 10.1. The van der Waals surface area contributed by atoms with Crippen LogP contribution in [0.2, 0.25) is 0 Å². The van der Waals surface area contributed by atoms with Gasteiger partial charge in [-0.2, -0.15) is 0 Å². The van der Waals surface area contributed by atoms with Crippen molar-refractivity contribution in [3.63, 3.8) is 0 Å². The van der Waals surface area contributed by atoms with Gasteiger partial charge in [0, 0.05) is 11.5 Å². The Morgan fingerprint density at radius 2 is 2.07 bits per heavy atom. The van der Waals surface area contributed by atoms with Crippen molar-refractivity contribution in [1.82, 2.24) is 0 Å². The smallest absolute Gasteiger partial charge is 0.166 e. The highest BCUT2D eigenvalue weighted by Crippen LogP contribution is 2.33. The third-order valence-electron chi connectivity index (χ3n) is 2.52. The van der Waals surface area contributed by atoms with Crippen LogP contribution in [0.4, 0.5) is 0 Å². The summed E-state index contributed by atoms with van der Waals surface area (Å²) in [5.74, 6) is 1.32. The van der Waals surface area contributed by atoms with Crippen LogP contribution in [0.15, 0.2) is 18.2 Å². The topological polar surface area (TPSA) is 26.3 Å². The second kappa shape index (κ2) is 3.45. The Bertz CT molecular complexity index is 365. The molecule has 1 aromatic carbocycles. The molecule has 0 atom stereocenters. The molecule has 0 aromatic heterocycles. The van der Waals surface area contributed by atoms with Crippen LogP contribution in [0.5, 0.6) is 5.75 Å². The molecule has 74 valence electrons. The maximum Gasteiger partial charge on any atom is 0.166 e. The van der Waals surface area contributed by atoms with Crippen molar-refractivity contribution < 1.29 is 9.53 Å². The average Bonchev–Trinajstić information content (AvgIpc) is 2.99. The van der Waals surface area contributed by atoms with Gasteiger partial charge in [0.05, 0.1) is 7.11 Å². The van der Waals surface area contributed by atoms with E-state index in [0.29, 0.717) is 0 Å². The Morgan fingerprint density at radius 3 is 2.64 bits per heavy atom. The van der Waals surface area contributed by atoms with Crippen molar-refractivity contribution in [3.05, 3.63) is 29.3 Å². The van der Waals surface area contributed by atoms with Crippen molar-refractivity contribution in [1.29, 1.82) is 0 Å². The molecular formula is C12H14O2. The number of rotatable bonds is 3. The fraction of sp³-hybridized carbons (Fsp3) is 0.417. The fourth-order valence-corrected chi connectivity index (χ4v) is 1.59. The lowest BCUT2D eigenvalue weighted by atomic mass is 10.0. The van der Waals surface area contributed by atoms with Crippen LogP contribution in [0.3, 0.4) is 0 Å². The number of benzene rings is 1. The van der Waals surface area contributed by atoms with Crippen molar-refractivity contribution in [2.24, 2.45) is 5.92 Å². The van der Waals surface area contributed by atoms with E-state index >= 15 is 0 Å². The highest BCUT2D eigenvalue weighted by atomic mass is 16.5. The third-order valence-corrected chi connectivity index (χ3v) is 2.52. The quantitative estimate of drug-likeness (QED) is 0.685. The van der Waals surface area contributed by atoms with Gasteiger partial charge in [0.1, 0.15) is 5.75 Å². The highest BCUT2D eigenvalue weighted by molar-refractivity contribution is 5.99. The minimum atomic E-state index is 0.270. The Kier molecular flexibility index (Phi) is 2.28. The summed E-state index contributed by atoms with van der Waals surface area (Å²) in [5, 5.41) is 0. The normalized spacial score (nSPS) is 15.3. The van der Waals surface area contributed by atoms with Gasteiger partial charge in [-0.1, -0.05) is 0 Å². The first-order valence-electron chi connectivity index (χ1n) is 4.90. The summed E-state index contributed by atoms with van der Waals surface area (Å²) in [4.78, 5) is 11.8. The third kappa shape index (κ3) is 1.79. The number of carbonyl (C=O) groups is 1. The molecule has 0 aliphatic heterocycles. The minimum Gasteiger partial charge on any atom is -0.497 e. The number of hydrogen-bond donors (Lipinski definition) is 0. The van der Waals surface area contributed by atoms with E-state index < -0.39 is 0 Å². The maximum absolute atomic E-state index is 11.8. The van der Waals surface area contributed by atoms with Gasteiger partial charge in [0.25, 0.3) is 0 Å². The molecule has 0 N–H and O–H groups in total. The number of ketones is 1. The highest BCUT2D eigenvalue weighted by Gasteiger charge is 2.30. The second-order valence-corrected chi connectivity index (χ2v) is 3.88. The van der Waals surface area contributed by atoms with Crippen molar-refractivity contribution in [3.8, 4) is 5.75 Å². The van der Waals surface area contributed by atoms with Crippen LogP contribution in [-0.2, 0) is 0 Å². The van der Waals surface area contributed by atoms with Gasteiger partial charge in [-0.05, 0) is 43.5 Å². The SMILES string of the molecule is COc1cc(C)cc(C(=O)C2CC2)c1. The molecule has 1 aliphatic carbocycles. The molecule has 1 saturated carbocycles.